The van der Waals surface area contributed by atoms with Crippen LogP contribution in [0.1, 0.15) is 35.1 Å². The zero-order valence-corrected chi connectivity index (χ0v) is 12.6. The summed E-state index contributed by atoms with van der Waals surface area (Å²) in [5.41, 5.74) is 4.23. The Bertz CT molecular complexity index is 852. The van der Waals surface area contributed by atoms with Crippen molar-refractivity contribution in [2.75, 3.05) is 5.32 Å². The van der Waals surface area contributed by atoms with Crippen molar-refractivity contribution in [3.63, 3.8) is 0 Å². The van der Waals surface area contributed by atoms with Crippen LogP contribution in [-0.2, 0) is 17.6 Å². The number of hydrogen-bond donors (Lipinski definition) is 3. The summed E-state index contributed by atoms with van der Waals surface area (Å²) < 4.78 is 0. The largest absolute Gasteiger partial charge is 0.508 e. The van der Waals surface area contributed by atoms with E-state index in [1.54, 1.807) is 12.1 Å². The van der Waals surface area contributed by atoms with Gasteiger partial charge >= 0.3 is 0 Å². The Morgan fingerprint density at radius 1 is 1.04 bits per heavy atom. The van der Waals surface area contributed by atoms with Gasteiger partial charge in [-0.15, -0.1) is 0 Å². The average Bonchev–Trinajstić information content (AvgIpc) is 2.88. The van der Waals surface area contributed by atoms with E-state index in [-0.39, 0.29) is 17.4 Å². The van der Waals surface area contributed by atoms with Gasteiger partial charge in [-0.1, -0.05) is 18.2 Å². The Morgan fingerprint density at radius 3 is 2.61 bits per heavy atom. The lowest BCUT2D eigenvalue weighted by Gasteiger charge is -2.19. The molecule has 0 aromatic heterocycles. The molecule has 0 unspecified atom stereocenters. The van der Waals surface area contributed by atoms with Crippen molar-refractivity contribution >= 4 is 23.2 Å². The molecular weight excluding hydrogens is 290 g/mol. The first-order valence-corrected chi connectivity index (χ1v) is 7.84. The highest BCUT2D eigenvalue weighted by Crippen LogP contribution is 2.40. The molecular formula is C19H17NO3. The first-order chi connectivity index (χ1) is 11.1. The van der Waals surface area contributed by atoms with Gasteiger partial charge in [0.2, 0.25) is 0 Å². The van der Waals surface area contributed by atoms with E-state index >= 15 is 0 Å². The maximum atomic E-state index is 12.2. The highest BCUT2D eigenvalue weighted by Gasteiger charge is 2.25. The lowest BCUT2D eigenvalue weighted by molar-refractivity contribution is -0.110. The molecule has 0 atom stereocenters. The van der Waals surface area contributed by atoms with E-state index in [0.29, 0.717) is 11.1 Å². The Labute approximate surface area is 134 Å². The van der Waals surface area contributed by atoms with Crippen molar-refractivity contribution in [2.24, 2.45) is 0 Å². The van der Waals surface area contributed by atoms with E-state index in [1.165, 1.54) is 0 Å². The van der Waals surface area contributed by atoms with E-state index < -0.39 is 0 Å². The molecule has 1 aliphatic heterocycles. The predicted molar refractivity (Wildman–Crippen MR) is 89.4 cm³/mol. The molecule has 1 amide bonds. The lowest BCUT2D eigenvalue weighted by atomic mass is 9.88. The number of nitrogens with one attached hydrogen (secondary N) is 1. The summed E-state index contributed by atoms with van der Waals surface area (Å²) in [4.78, 5) is 12.2. The Kier molecular flexibility index (Phi) is 3.11. The van der Waals surface area contributed by atoms with Crippen LogP contribution in [0.4, 0.5) is 5.69 Å². The van der Waals surface area contributed by atoms with Crippen LogP contribution in [0.25, 0.3) is 11.6 Å². The Morgan fingerprint density at radius 2 is 1.78 bits per heavy atom. The molecule has 1 heterocycles. The van der Waals surface area contributed by atoms with Crippen LogP contribution < -0.4 is 5.32 Å². The summed E-state index contributed by atoms with van der Waals surface area (Å²) in [5.74, 6) is 0.195. The highest BCUT2D eigenvalue weighted by atomic mass is 16.3. The Balaban J connectivity index is 1.86. The zero-order chi connectivity index (χ0) is 16.0. The molecule has 116 valence electrons. The molecule has 0 saturated heterocycles. The minimum atomic E-state index is -0.192. The van der Waals surface area contributed by atoms with Gasteiger partial charge in [0.15, 0.2) is 0 Å². The van der Waals surface area contributed by atoms with E-state index in [1.807, 2.05) is 24.3 Å². The number of fused-ring (bicyclic) bond motifs is 2. The van der Waals surface area contributed by atoms with Crippen molar-refractivity contribution in [3.8, 4) is 11.5 Å². The molecule has 0 bridgehead atoms. The molecule has 23 heavy (non-hydrogen) atoms. The van der Waals surface area contributed by atoms with E-state index in [2.05, 4.69) is 5.32 Å². The second-order valence-electron chi connectivity index (χ2n) is 6.06. The number of carbonyl (C=O) groups excluding carboxylic acids is 1. The van der Waals surface area contributed by atoms with Crippen LogP contribution in [-0.4, -0.2) is 16.1 Å². The molecule has 0 spiro atoms. The molecule has 2 aromatic carbocycles. The van der Waals surface area contributed by atoms with Gasteiger partial charge in [-0.25, -0.2) is 0 Å². The first kappa shape index (κ1) is 13.9. The van der Waals surface area contributed by atoms with Crippen molar-refractivity contribution in [2.45, 2.75) is 25.7 Å². The number of hydrogen-bond acceptors (Lipinski definition) is 3. The standard InChI is InChI=1S/C19H17NO3/c21-17-10-11(18(22)14-7-2-1-6-13(14)17)9-15-12-5-3-4-8-16(12)20-19(15)23/h3-5,8-10,21-22H,1-2,6-7H2,(H,20,23). The number of para-hydroxylation sites is 1. The van der Waals surface area contributed by atoms with Crippen LogP contribution in [0.2, 0.25) is 0 Å². The number of carbonyl (C=O) groups is 1. The number of benzene rings is 2. The summed E-state index contributed by atoms with van der Waals surface area (Å²) in [6, 6.07) is 9.01. The summed E-state index contributed by atoms with van der Waals surface area (Å²) in [7, 11) is 0. The summed E-state index contributed by atoms with van der Waals surface area (Å²) >= 11 is 0. The smallest absolute Gasteiger partial charge is 0.256 e. The molecule has 3 N–H and O–H groups in total. The second-order valence-corrected chi connectivity index (χ2v) is 6.06. The van der Waals surface area contributed by atoms with Gasteiger partial charge in [0, 0.05) is 33.5 Å². The number of amides is 1. The van der Waals surface area contributed by atoms with Gasteiger partial charge in [0.05, 0.1) is 0 Å². The molecule has 1 aliphatic carbocycles. The summed E-state index contributed by atoms with van der Waals surface area (Å²) in [5, 5.41) is 23.6. The third-order valence-corrected chi connectivity index (χ3v) is 4.64. The Hall–Kier alpha value is -2.75. The maximum absolute atomic E-state index is 12.2. The van der Waals surface area contributed by atoms with Gasteiger partial charge in [-0.2, -0.15) is 0 Å². The fourth-order valence-electron chi connectivity index (χ4n) is 3.47. The normalized spacial score (nSPS) is 17.7. The highest BCUT2D eigenvalue weighted by molar-refractivity contribution is 6.35. The van der Waals surface area contributed by atoms with Crippen LogP contribution >= 0.6 is 0 Å². The third-order valence-electron chi connectivity index (χ3n) is 4.64. The molecule has 2 aromatic rings. The maximum Gasteiger partial charge on any atom is 0.256 e. The van der Waals surface area contributed by atoms with E-state index in [0.717, 1.165) is 48.1 Å². The fraction of sp³-hybridized carbons (Fsp3) is 0.211. The number of phenolic OH excluding ortho intramolecular Hbond substituents is 2. The van der Waals surface area contributed by atoms with Crippen molar-refractivity contribution in [1.82, 2.24) is 0 Å². The molecule has 4 nitrogen and oxygen atoms in total. The lowest BCUT2D eigenvalue weighted by Crippen LogP contribution is -2.05. The summed E-state index contributed by atoms with van der Waals surface area (Å²) in [6.45, 7) is 0. The monoisotopic (exact) mass is 307 g/mol. The van der Waals surface area contributed by atoms with Crippen LogP contribution in [0.5, 0.6) is 11.5 Å². The average molecular weight is 307 g/mol. The van der Waals surface area contributed by atoms with Crippen LogP contribution in [0, 0.1) is 0 Å². The number of aromatic hydroxyl groups is 2. The number of phenols is 2. The van der Waals surface area contributed by atoms with Gasteiger partial charge in [-0.05, 0) is 43.9 Å². The minimum absolute atomic E-state index is 0.183. The van der Waals surface area contributed by atoms with Gasteiger partial charge < -0.3 is 15.5 Å². The molecule has 0 fully saturated rings. The SMILES string of the molecule is O=C1Nc2ccccc2C1=Cc1cc(O)c2c(c1O)CCCC2. The van der Waals surface area contributed by atoms with Crippen molar-refractivity contribution < 1.29 is 15.0 Å². The topological polar surface area (TPSA) is 69.6 Å². The molecule has 0 saturated carbocycles. The van der Waals surface area contributed by atoms with Crippen molar-refractivity contribution in [3.05, 3.63) is 52.6 Å². The van der Waals surface area contributed by atoms with Crippen LogP contribution in [0.15, 0.2) is 30.3 Å². The zero-order valence-electron chi connectivity index (χ0n) is 12.6. The van der Waals surface area contributed by atoms with Gasteiger partial charge in [0.25, 0.3) is 5.91 Å². The third kappa shape index (κ3) is 2.18. The van der Waals surface area contributed by atoms with Crippen molar-refractivity contribution in [1.29, 1.82) is 0 Å². The molecule has 4 heteroatoms. The van der Waals surface area contributed by atoms with Crippen LogP contribution in [0.3, 0.4) is 0 Å². The second kappa shape index (κ2) is 5.16. The fourth-order valence-corrected chi connectivity index (χ4v) is 3.47. The summed E-state index contributed by atoms with van der Waals surface area (Å²) in [6.07, 6.45) is 5.23. The van der Waals surface area contributed by atoms with E-state index in [4.69, 9.17) is 0 Å². The molecule has 0 radical (unpaired) electrons. The van der Waals surface area contributed by atoms with Gasteiger partial charge in [-0.3, -0.25) is 4.79 Å². The molecule has 4 rings (SSSR count). The quantitative estimate of drug-likeness (QED) is 0.558. The van der Waals surface area contributed by atoms with E-state index in [9.17, 15) is 15.0 Å². The number of rotatable bonds is 1. The van der Waals surface area contributed by atoms with Gasteiger partial charge in [0.1, 0.15) is 11.5 Å². The molecule has 2 aliphatic rings. The number of anilines is 1. The first-order valence-electron chi connectivity index (χ1n) is 7.84. The minimum Gasteiger partial charge on any atom is -0.508 e. The predicted octanol–water partition coefficient (Wildman–Crippen LogP) is 3.47.